The molecule has 30 heavy (non-hydrogen) atoms. The number of benzene rings is 2. The van der Waals surface area contributed by atoms with Crippen LogP contribution in [0.15, 0.2) is 54.7 Å². The average molecular weight is 408 g/mol. The lowest BCUT2D eigenvalue weighted by Gasteiger charge is -2.12. The molecular formula is C23H29N5O2. The largest absolute Gasteiger partial charge is 0.346 e. The van der Waals surface area contributed by atoms with Gasteiger partial charge in [0.1, 0.15) is 0 Å². The first kappa shape index (κ1) is 21.4. The zero-order valence-corrected chi connectivity index (χ0v) is 17.9. The number of amides is 3. The molecule has 7 nitrogen and oxygen atoms in total. The Kier molecular flexibility index (Phi) is 6.74. The minimum absolute atomic E-state index is 0.0316. The maximum absolute atomic E-state index is 12.7. The molecule has 0 radical (unpaired) electrons. The van der Waals surface area contributed by atoms with E-state index in [9.17, 15) is 9.59 Å². The Balaban J connectivity index is 1.69. The van der Waals surface area contributed by atoms with Crippen molar-refractivity contribution in [2.45, 2.75) is 26.4 Å². The van der Waals surface area contributed by atoms with Crippen molar-refractivity contribution in [2.24, 2.45) is 0 Å². The van der Waals surface area contributed by atoms with Crippen LogP contribution in [-0.2, 0) is 6.54 Å². The number of aromatic nitrogens is 1. The number of carbonyl (C=O) groups is 2. The van der Waals surface area contributed by atoms with E-state index in [1.165, 1.54) is 0 Å². The van der Waals surface area contributed by atoms with E-state index in [1.807, 2.05) is 32.0 Å². The predicted octanol–water partition coefficient (Wildman–Crippen LogP) is 3.99. The van der Waals surface area contributed by atoms with Crippen LogP contribution in [0.3, 0.4) is 0 Å². The summed E-state index contributed by atoms with van der Waals surface area (Å²) in [6.07, 6.45) is 2.07. The third-order valence-corrected chi connectivity index (χ3v) is 4.62. The molecule has 0 atom stereocenters. The number of nitrogens with one attached hydrogen (secondary N) is 3. The summed E-state index contributed by atoms with van der Waals surface area (Å²) in [4.78, 5) is 26.7. The topological polar surface area (TPSA) is 78.4 Å². The third kappa shape index (κ3) is 5.61. The summed E-state index contributed by atoms with van der Waals surface area (Å²) in [7, 11) is 4.11. The molecule has 0 bridgehead atoms. The van der Waals surface area contributed by atoms with E-state index in [4.69, 9.17) is 0 Å². The number of hydrogen-bond donors (Lipinski definition) is 3. The smallest absolute Gasteiger partial charge is 0.319 e. The molecule has 3 N–H and O–H groups in total. The van der Waals surface area contributed by atoms with Gasteiger partial charge in [-0.1, -0.05) is 6.07 Å². The van der Waals surface area contributed by atoms with Crippen LogP contribution >= 0.6 is 0 Å². The van der Waals surface area contributed by atoms with Crippen LogP contribution in [0.2, 0.25) is 0 Å². The van der Waals surface area contributed by atoms with Crippen molar-refractivity contribution in [1.82, 2.24) is 14.8 Å². The summed E-state index contributed by atoms with van der Waals surface area (Å²) in [5.74, 6) is -0.227. The van der Waals surface area contributed by atoms with Gasteiger partial charge in [0.25, 0.3) is 5.91 Å². The van der Waals surface area contributed by atoms with Gasteiger partial charge >= 0.3 is 6.03 Å². The standard InChI is InChI=1S/C23H29N5O2/c1-16(2)24-23(30)26-19-7-5-6-18(15-19)22(29)25-20-8-9-21-17(14-20)10-11-28(21)13-12-27(3)4/h5-11,14-16H,12-13H2,1-4H3,(H,25,29)(H2,24,26,30). The maximum atomic E-state index is 12.7. The van der Waals surface area contributed by atoms with Crippen LogP contribution in [0.5, 0.6) is 0 Å². The van der Waals surface area contributed by atoms with Crippen LogP contribution < -0.4 is 16.0 Å². The number of urea groups is 1. The highest BCUT2D eigenvalue weighted by Crippen LogP contribution is 2.21. The van der Waals surface area contributed by atoms with Gasteiger partial charge in [0, 0.05) is 53.2 Å². The van der Waals surface area contributed by atoms with Gasteiger partial charge in [-0.25, -0.2) is 4.79 Å². The lowest BCUT2D eigenvalue weighted by Crippen LogP contribution is -2.34. The zero-order valence-electron chi connectivity index (χ0n) is 17.9. The fraction of sp³-hybridized carbons (Fsp3) is 0.304. The number of fused-ring (bicyclic) bond motifs is 1. The quantitative estimate of drug-likeness (QED) is 0.554. The molecule has 7 heteroatoms. The average Bonchev–Trinajstić information content (AvgIpc) is 3.08. The fourth-order valence-corrected chi connectivity index (χ4v) is 3.15. The number of hydrogen-bond acceptors (Lipinski definition) is 3. The molecule has 3 amide bonds. The molecule has 0 saturated heterocycles. The lowest BCUT2D eigenvalue weighted by molar-refractivity contribution is 0.102. The Morgan fingerprint density at radius 1 is 1.00 bits per heavy atom. The minimum atomic E-state index is -0.299. The van der Waals surface area contributed by atoms with E-state index < -0.39 is 0 Å². The van der Waals surface area contributed by atoms with Crippen molar-refractivity contribution in [2.75, 3.05) is 31.3 Å². The minimum Gasteiger partial charge on any atom is -0.346 e. The van der Waals surface area contributed by atoms with Gasteiger partial charge in [0.2, 0.25) is 0 Å². The van der Waals surface area contributed by atoms with Gasteiger partial charge in [-0.2, -0.15) is 0 Å². The van der Waals surface area contributed by atoms with E-state index in [0.717, 1.165) is 29.7 Å². The second kappa shape index (κ2) is 9.45. The Morgan fingerprint density at radius 2 is 1.77 bits per heavy atom. The van der Waals surface area contributed by atoms with Gasteiger partial charge in [-0.3, -0.25) is 4.79 Å². The molecule has 158 valence electrons. The van der Waals surface area contributed by atoms with Crippen molar-refractivity contribution in [3.05, 3.63) is 60.3 Å². The summed E-state index contributed by atoms with van der Waals surface area (Å²) < 4.78 is 2.21. The van der Waals surface area contributed by atoms with Gasteiger partial charge in [0.05, 0.1) is 0 Å². The summed E-state index contributed by atoms with van der Waals surface area (Å²) in [6.45, 7) is 5.64. The van der Waals surface area contributed by atoms with Crippen molar-refractivity contribution in [3.63, 3.8) is 0 Å². The highest BCUT2D eigenvalue weighted by molar-refractivity contribution is 6.06. The molecule has 0 spiro atoms. The SMILES string of the molecule is CC(C)NC(=O)Nc1cccc(C(=O)Nc2ccc3c(ccn3CCN(C)C)c2)c1. The Morgan fingerprint density at radius 3 is 2.50 bits per heavy atom. The van der Waals surface area contributed by atoms with Crippen molar-refractivity contribution < 1.29 is 9.59 Å². The normalized spacial score (nSPS) is 11.1. The second-order valence-corrected chi connectivity index (χ2v) is 7.87. The molecule has 0 fully saturated rings. The van der Waals surface area contributed by atoms with Gasteiger partial charge in [-0.05, 0) is 70.4 Å². The van der Waals surface area contributed by atoms with Crippen LogP contribution in [0, 0.1) is 0 Å². The molecule has 0 unspecified atom stereocenters. The van der Waals surface area contributed by atoms with E-state index in [-0.39, 0.29) is 18.0 Å². The summed E-state index contributed by atoms with van der Waals surface area (Å²) >= 11 is 0. The Labute approximate surface area is 177 Å². The van der Waals surface area contributed by atoms with Gasteiger partial charge in [-0.15, -0.1) is 0 Å². The number of anilines is 2. The molecule has 2 aromatic carbocycles. The first-order valence-corrected chi connectivity index (χ1v) is 10.0. The van der Waals surface area contributed by atoms with E-state index >= 15 is 0 Å². The number of rotatable bonds is 7. The molecule has 3 rings (SSSR count). The predicted molar refractivity (Wildman–Crippen MR) is 122 cm³/mol. The molecule has 3 aromatic rings. The van der Waals surface area contributed by atoms with Crippen LogP contribution in [0.4, 0.5) is 16.2 Å². The molecule has 0 saturated carbocycles. The van der Waals surface area contributed by atoms with E-state index in [2.05, 4.69) is 51.8 Å². The summed E-state index contributed by atoms with van der Waals surface area (Å²) in [5.41, 5.74) is 2.90. The number of carbonyl (C=O) groups excluding carboxylic acids is 2. The molecule has 0 aliphatic carbocycles. The van der Waals surface area contributed by atoms with Crippen molar-refractivity contribution in [1.29, 1.82) is 0 Å². The lowest BCUT2D eigenvalue weighted by atomic mass is 10.1. The highest BCUT2D eigenvalue weighted by atomic mass is 16.2. The highest BCUT2D eigenvalue weighted by Gasteiger charge is 2.10. The summed E-state index contributed by atoms with van der Waals surface area (Å²) in [5, 5.41) is 9.52. The third-order valence-electron chi connectivity index (χ3n) is 4.62. The fourth-order valence-electron chi connectivity index (χ4n) is 3.15. The molecule has 1 heterocycles. The number of likely N-dealkylation sites (N-methyl/N-ethyl adjacent to an activating group) is 1. The number of nitrogens with zero attached hydrogens (tertiary/aromatic N) is 2. The van der Waals surface area contributed by atoms with E-state index in [1.54, 1.807) is 24.3 Å². The first-order valence-electron chi connectivity index (χ1n) is 10.0. The van der Waals surface area contributed by atoms with Gasteiger partial charge in [0.15, 0.2) is 0 Å². The Bertz CT molecular complexity index is 1040. The maximum Gasteiger partial charge on any atom is 0.319 e. The van der Waals surface area contributed by atoms with Crippen LogP contribution in [-0.4, -0.2) is 48.1 Å². The van der Waals surface area contributed by atoms with E-state index in [0.29, 0.717) is 11.3 Å². The van der Waals surface area contributed by atoms with Crippen molar-refractivity contribution >= 4 is 34.2 Å². The first-order chi connectivity index (χ1) is 14.3. The molecule has 0 aliphatic rings. The molecule has 0 aliphatic heterocycles. The molecular weight excluding hydrogens is 378 g/mol. The van der Waals surface area contributed by atoms with Crippen LogP contribution in [0.1, 0.15) is 24.2 Å². The monoisotopic (exact) mass is 407 g/mol. The second-order valence-electron chi connectivity index (χ2n) is 7.87. The van der Waals surface area contributed by atoms with Crippen LogP contribution in [0.25, 0.3) is 10.9 Å². The molecule has 1 aromatic heterocycles. The zero-order chi connectivity index (χ0) is 21.7. The summed E-state index contributed by atoms with van der Waals surface area (Å²) in [6, 6.07) is 14.6. The van der Waals surface area contributed by atoms with Gasteiger partial charge < -0.3 is 25.4 Å². The Hall–Kier alpha value is -3.32. The van der Waals surface area contributed by atoms with Crippen molar-refractivity contribution in [3.8, 4) is 0 Å².